The second-order valence-electron chi connectivity index (χ2n) is 6.71. The number of methoxy groups -OCH3 is 1. The topological polar surface area (TPSA) is 34.2 Å². The molecule has 0 radical (unpaired) electrons. The third-order valence-electron chi connectivity index (χ3n) is 5.26. The normalized spacial score (nSPS) is 32.9. The molecule has 118 valence electrons. The monoisotopic (exact) mass is 308 g/mol. The maximum atomic E-state index is 6.01. The first kappa shape index (κ1) is 15.4. The molecule has 2 aliphatic carbocycles. The molecule has 1 aromatic heterocycles. The molecule has 3 rings (SSSR count). The lowest BCUT2D eigenvalue weighted by molar-refractivity contribution is -0.0531. The van der Waals surface area contributed by atoms with E-state index in [1.165, 1.54) is 41.3 Å². The van der Waals surface area contributed by atoms with Gasteiger partial charge < -0.3 is 10.1 Å². The van der Waals surface area contributed by atoms with Gasteiger partial charge >= 0.3 is 0 Å². The molecule has 0 saturated heterocycles. The molecule has 1 aromatic rings. The average molecular weight is 308 g/mol. The van der Waals surface area contributed by atoms with Crippen molar-refractivity contribution in [2.24, 2.45) is 5.92 Å². The predicted octanol–water partition coefficient (Wildman–Crippen LogP) is 4.18. The van der Waals surface area contributed by atoms with Gasteiger partial charge in [0.15, 0.2) is 0 Å². The molecule has 0 aliphatic heterocycles. The maximum absolute atomic E-state index is 6.01. The first-order valence-electron chi connectivity index (χ1n) is 8.47. The van der Waals surface area contributed by atoms with E-state index in [0.717, 1.165) is 31.7 Å². The molecule has 3 nitrogen and oxygen atoms in total. The van der Waals surface area contributed by atoms with E-state index in [1.54, 1.807) is 0 Å². The molecule has 1 N–H and O–H groups in total. The number of fused-ring (bicyclic) bond motifs is 1. The summed E-state index contributed by atoms with van der Waals surface area (Å²) in [6, 6.07) is 0.515. The van der Waals surface area contributed by atoms with Crippen molar-refractivity contribution in [3.05, 3.63) is 15.6 Å². The number of nitrogens with zero attached hydrogens (tertiary/aromatic N) is 1. The van der Waals surface area contributed by atoms with Crippen molar-refractivity contribution in [3.8, 4) is 0 Å². The van der Waals surface area contributed by atoms with Crippen LogP contribution in [0.4, 0.5) is 0 Å². The molecular weight excluding hydrogens is 280 g/mol. The van der Waals surface area contributed by atoms with E-state index in [2.05, 4.69) is 19.2 Å². The fourth-order valence-electron chi connectivity index (χ4n) is 3.79. The van der Waals surface area contributed by atoms with E-state index in [-0.39, 0.29) is 5.60 Å². The summed E-state index contributed by atoms with van der Waals surface area (Å²) in [5, 5.41) is 4.87. The Kier molecular flexibility index (Phi) is 4.67. The van der Waals surface area contributed by atoms with E-state index in [1.807, 2.05) is 18.4 Å². The Morgan fingerprint density at radius 1 is 1.33 bits per heavy atom. The number of thiazole rings is 1. The quantitative estimate of drug-likeness (QED) is 0.906. The molecule has 2 aliphatic rings. The predicted molar refractivity (Wildman–Crippen MR) is 87.8 cm³/mol. The van der Waals surface area contributed by atoms with Gasteiger partial charge in [-0.3, -0.25) is 0 Å². The van der Waals surface area contributed by atoms with Crippen LogP contribution in [-0.4, -0.2) is 18.6 Å². The SMILES string of the molecule is CCNC1CCCc2nc(C3(OC)CCC(C)CC3)sc21. The standard InChI is InChI=1S/C17H28N2OS/c1-4-18-13-6-5-7-14-15(13)21-16(19-14)17(20-3)10-8-12(2)9-11-17/h12-13,18H,4-11H2,1-3H3. The molecule has 1 heterocycles. The summed E-state index contributed by atoms with van der Waals surface area (Å²) in [6.07, 6.45) is 8.42. The molecule has 4 heteroatoms. The highest BCUT2D eigenvalue weighted by atomic mass is 32.1. The molecule has 1 fully saturated rings. The van der Waals surface area contributed by atoms with Gasteiger partial charge in [-0.25, -0.2) is 4.98 Å². The summed E-state index contributed by atoms with van der Waals surface area (Å²) in [6.45, 7) is 5.58. The Balaban J connectivity index is 1.89. The Labute approximate surface area is 132 Å². The van der Waals surface area contributed by atoms with E-state index in [9.17, 15) is 0 Å². The van der Waals surface area contributed by atoms with Crippen LogP contribution in [0, 0.1) is 5.92 Å². The van der Waals surface area contributed by atoms with Crippen molar-refractivity contribution in [3.63, 3.8) is 0 Å². The van der Waals surface area contributed by atoms with Crippen LogP contribution in [-0.2, 0) is 16.8 Å². The zero-order valence-electron chi connectivity index (χ0n) is 13.6. The molecule has 0 spiro atoms. The summed E-state index contributed by atoms with van der Waals surface area (Å²) in [5.41, 5.74) is 1.23. The number of rotatable bonds is 4. The lowest BCUT2D eigenvalue weighted by Gasteiger charge is -2.36. The summed E-state index contributed by atoms with van der Waals surface area (Å²) < 4.78 is 6.01. The van der Waals surface area contributed by atoms with Crippen molar-refractivity contribution in [1.29, 1.82) is 0 Å². The summed E-state index contributed by atoms with van der Waals surface area (Å²) in [7, 11) is 1.87. The molecule has 1 saturated carbocycles. The van der Waals surface area contributed by atoms with Crippen LogP contribution in [0.3, 0.4) is 0 Å². The largest absolute Gasteiger partial charge is 0.371 e. The zero-order valence-corrected chi connectivity index (χ0v) is 14.4. The Hall–Kier alpha value is -0.450. The Morgan fingerprint density at radius 3 is 2.76 bits per heavy atom. The van der Waals surface area contributed by atoms with Gasteiger partial charge in [-0.1, -0.05) is 13.8 Å². The van der Waals surface area contributed by atoms with Crippen LogP contribution in [0.15, 0.2) is 0 Å². The minimum Gasteiger partial charge on any atom is -0.371 e. The summed E-state index contributed by atoms with van der Waals surface area (Å²) in [5.74, 6) is 0.831. The van der Waals surface area contributed by atoms with Gasteiger partial charge in [-0.15, -0.1) is 11.3 Å². The fourth-order valence-corrected chi connectivity index (χ4v) is 5.24. The van der Waals surface area contributed by atoms with Crippen LogP contribution in [0.5, 0.6) is 0 Å². The smallest absolute Gasteiger partial charge is 0.125 e. The molecular formula is C17H28N2OS. The van der Waals surface area contributed by atoms with Crippen LogP contribution in [0.25, 0.3) is 0 Å². The van der Waals surface area contributed by atoms with E-state index in [0.29, 0.717) is 6.04 Å². The van der Waals surface area contributed by atoms with Crippen molar-refractivity contribution in [2.45, 2.75) is 70.4 Å². The van der Waals surface area contributed by atoms with Gasteiger partial charge in [0.1, 0.15) is 10.6 Å². The van der Waals surface area contributed by atoms with Crippen LogP contribution in [0.1, 0.15) is 74.0 Å². The fraction of sp³-hybridized carbons (Fsp3) is 0.824. The number of hydrogen-bond donors (Lipinski definition) is 1. The van der Waals surface area contributed by atoms with Gasteiger partial charge in [0.2, 0.25) is 0 Å². The molecule has 1 atom stereocenters. The third-order valence-corrected chi connectivity index (χ3v) is 6.66. The Morgan fingerprint density at radius 2 is 2.10 bits per heavy atom. The van der Waals surface area contributed by atoms with Gasteiger partial charge in [-0.05, 0) is 57.4 Å². The second-order valence-corrected chi connectivity index (χ2v) is 7.74. The highest BCUT2D eigenvalue weighted by Crippen LogP contribution is 2.46. The van der Waals surface area contributed by atoms with Crippen molar-refractivity contribution >= 4 is 11.3 Å². The molecule has 0 bridgehead atoms. The lowest BCUT2D eigenvalue weighted by Crippen LogP contribution is -2.33. The lowest BCUT2D eigenvalue weighted by atomic mass is 9.80. The number of aromatic nitrogens is 1. The Bertz CT molecular complexity index is 477. The number of hydrogen-bond acceptors (Lipinski definition) is 4. The van der Waals surface area contributed by atoms with Gasteiger partial charge in [0.05, 0.1) is 5.69 Å². The molecule has 1 unspecified atom stereocenters. The number of ether oxygens (including phenoxy) is 1. The van der Waals surface area contributed by atoms with Crippen LogP contribution < -0.4 is 5.32 Å². The molecule has 21 heavy (non-hydrogen) atoms. The van der Waals surface area contributed by atoms with Gasteiger partial charge in [-0.2, -0.15) is 0 Å². The first-order chi connectivity index (χ1) is 10.2. The number of nitrogens with one attached hydrogen (secondary N) is 1. The van der Waals surface area contributed by atoms with Gasteiger partial charge in [0.25, 0.3) is 0 Å². The van der Waals surface area contributed by atoms with Crippen LogP contribution >= 0.6 is 11.3 Å². The average Bonchev–Trinajstić information content (AvgIpc) is 2.94. The first-order valence-corrected chi connectivity index (χ1v) is 9.29. The van der Waals surface area contributed by atoms with Crippen LogP contribution in [0.2, 0.25) is 0 Å². The second kappa shape index (κ2) is 6.35. The van der Waals surface area contributed by atoms with Crippen molar-refractivity contribution in [1.82, 2.24) is 10.3 Å². The zero-order chi connectivity index (χ0) is 14.9. The minimum atomic E-state index is -0.106. The number of aryl methyl sites for hydroxylation is 1. The van der Waals surface area contributed by atoms with Crippen molar-refractivity contribution < 1.29 is 4.74 Å². The highest BCUT2D eigenvalue weighted by Gasteiger charge is 2.40. The summed E-state index contributed by atoms with van der Waals surface area (Å²) >= 11 is 1.92. The van der Waals surface area contributed by atoms with Gasteiger partial charge in [0, 0.05) is 18.0 Å². The molecule has 0 aromatic carbocycles. The van der Waals surface area contributed by atoms with Crippen molar-refractivity contribution in [2.75, 3.05) is 13.7 Å². The minimum absolute atomic E-state index is 0.106. The van der Waals surface area contributed by atoms with E-state index in [4.69, 9.17) is 9.72 Å². The summed E-state index contributed by atoms with van der Waals surface area (Å²) in [4.78, 5) is 6.51. The molecule has 0 amide bonds. The van der Waals surface area contributed by atoms with E-state index >= 15 is 0 Å². The third kappa shape index (κ3) is 2.90. The maximum Gasteiger partial charge on any atom is 0.125 e. The highest BCUT2D eigenvalue weighted by molar-refractivity contribution is 7.12. The van der Waals surface area contributed by atoms with E-state index < -0.39 is 0 Å².